The molecule has 0 aromatic rings. The third-order valence-electron chi connectivity index (χ3n) is 10.7. The first-order valence-corrected chi connectivity index (χ1v) is 12.8. The fourth-order valence-electron chi connectivity index (χ4n) is 9.16. The summed E-state index contributed by atoms with van der Waals surface area (Å²) in [4.78, 5) is 0. The van der Waals surface area contributed by atoms with Gasteiger partial charge in [0.1, 0.15) is 0 Å². The van der Waals surface area contributed by atoms with E-state index in [1.54, 1.807) is 5.57 Å². The van der Waals surface area contributed by atoms with Crippen LogP contribution in [0.15, 0.2) is 11.6 Å². The Hall–Kier alpha value is -0.340. The summed E-state index contributed by atoms with van der Waals surface area (Å²) in [6.07, 6.45) is 14.5. The van der Waals surface area contributed by atoms with Crippen molar-refractivity contribution in [3.8, 4) is 0 Å². The van der Waals surface area contributed by atoms with Crippen LogP contribution >= 0.6 is 0 Å². The predicted molar refractivity (Wildman–Crippen MR) is 118 cm³/mol. The normalized spacial score (nSPS) is 53.8. The van der Waals surface area contributed by atoms with Crippen LogP contribution in [0.1, 0.15) is 92.4 Å². The summed E-state index contributed by atoms with van der Waals surface area (Å²) >= 11 is 0. The first-order valence-electron chi connectivity index (χ1n) is 12.8. The Labute approximate surface area is 178 Å². The van der Waals surface area contributed by atoms with Crippen molar-refractivity contribution in [2.45, 2.75) is 111 Å². The second-order valence-corrected chi connectivity index (χ2v) is 12.5. The number of aliphatic hydroxyl groups is 1. The molecule has 3 saturated carbocycles. The first-order chi connectivity index (χ1) is 13.7. The van der Waals surface area contributed by atoms with Gasteiger partial charge in [0.05, 0.1) is 18.3 Å². The minimum absolute atomic E-state index is 0.0948. The second kappa shape index (κ2) is 7.09. The number of ether oxygens (including phenoxy) is 1. The Morgan fingerprint density at radius 3 is 2.72 bits per heavy atom. The maximum absolute atomic E-state index is 10.2. The highest BCUT2D eigenvalue weighted by Crippen LogP contribution is 2.69. The number of rotatable bonds is 3. The van der Waals surface area contributed by atoms with Crippen LogP contribution < -0.4 is 0 Å². The molecule has 4 fully saturated rings. The molecule has 164 valence electrons. The Bertz CT molecular complexity index is 667. The largest absolute Gasteiger partial charge is 0.393 e. The van der Waals surface area contributed by atoms with Gasteiger partial charge in [-0.2, -0.15) is 0 Å². The summed E-state index contributed by atoms with van der Waals surface area (Å²) in [6, 6.07) is 0. The molecule has 1 N–H and O–H groups in total. The quantitative estimate of drug-likeness (QED) is 0.557. The third kappa shape index (κ3) is 3.02. The molecule has 0 radical (unpaired) electrons. The lowest BCUT2D eigenvalue weighted by Gasteiger charge is -2.58. The molecular formula is C27H44O2. The van der Waals surface area contributed by atoms with Crippen molar-refractivity contribution in [2.24, 2.45) is 46.3 Å². The average molecular weight is 401 g/mol. The zero-order valence-corrected chi connectivity index (χ0v) is 19.5. The molecule has 4 aliphatic carbocycles. The van der Waals surface area contributed by atoms with Gasteiger partial charge < -0.3 is 9.84 Å². The molecule has 2 nitrogen and oxygen atoms in total. The molecule has 5 aliphatic rings. The number of fused-ring (bicyclic) bond motifs is 7. The van der Waals surface area contributed by atoms with Gasteiger partial charge in [0.15, 0.2) is 0 Å². The highest BCUT2D eigenvalue weighted by Gasteiger charge is 2.64. The van der Waals surface area contributed by atoms with Gasteiger partial charge in [0, 0.05) is 0 Å². The minimum Gasteiger partial charge on any atom is -0.393 e. The molecule has 0 bridgehead atoms. The van der Waals surface area contributed by atoms with Crippen molar-refractivity contribution in [3.05, 3.63) is 11.6 Å². The van der Waals surface area contributed by atoms with E-state index in [9.17, 15) is 5.11 Å². The summed E-state index contributed by atoms with van der Waals surface area (Å²) < 4.78 is 6.78. The minimum atomic E-state index is -0.0948. The summed E-state index contributed by atoms with van der Waals surface area (Å²) in [5.74, 6) is 4.79. The smallest absolute Gasteiger partial charge is 0.0618 e. The Morgan fingerprint density at radius 2 is 1.97 bits per heavy atom. The predicted octanol–water partition coefficient (Wildman–Crippen LogP) is 6.38. The standard InChI is InChI=1S/C27H44O2/c1-16(2)6-9-23-17(3)25-24(29-23)15-22-20-8-7-18-14-19(28)10-12-26(18,4)21(20)11-13-27(22,25)5/h7,16-17,19-25,28H,6,8-15H2,1-5H3/t17-,19+,20-,21+,22+,23-,24+,25+,26+,27+/m1/s1. The zero-order chi connectivity index (χ0) is 20.6. The van der Waals surface area contributed by atoms with Gasteiger partial charge in [-0.25, -0.2) is 0 Å². The third-order valence-corrected chi connectivity index (χ3v) is 10.7. The Kier molecular flexibility index (Phi) is 5.03. The highest BCUT2D eigenvalue weighted by molar-refractivity contribution is 5.26. The molecule has 0 aromatic carbocycles. The van der Waals surface area contributed by atoms with Gasteiger partial charge in [0.2, 0.25) is 0 Å². The van der Waals surface area contributed by atoms with Crippen molar-refractivity contribution in [2.75, 3.05) is 0 Å². The van der Waals surface area contributed by atoms with Crippen LogP contribution in [0.2, 0.25) is 0 Å². The highest BCUT2D eigenvalue weighted by atomic mass is 16.5. The fraction of sp³-hybridized carbons (Fsp3) is 0.926. The molecule has 1 saturated heterocycles. The SMILES string of the molecule is CC(C)CC[C@H]1O[C@H]2C[C@H]3[C@@H]4CC=C5C[C@@H](O)CC[C@]5(C)[C@H]4CC[C@]3(C)[C@H]2[C@@H]1C. The van der Waals surface area contributed by atoms with Crippen LogP contribution in [0.3, 0.4) is 0 Å². The Morgan fingerprint density at radius 1 is 1.17 bits per heavy atom. The fourth-order valence-corrected chi connectivity index (χ4v) is 9.16. The number of allylic oxidation sites excluding steroid dienone is 1. The molecule has 29 heavy (non-hydrogen) atoms. The van der Waals surface area contributed by atoms with E-state index in [4.69, 9.17) is 4.74 Å². The van der Waals surface area contributed by atoms with Crippen molar-refractivity contribution in [1.29, 1.82) is 0 Å². The lowest BCUT2D eigenvalue weighted by atomic mass is 9.47. The number of aliphatic hydroxyl groups excluding tert-OH is 1. The van der Waals surface area contributed by atoms with E-state index in [0.29, 0.717) is 23.0 Å². The molecule has 1 aliphatic heterocycles. The molecule has 1 heterocycles. The maximum Gasteiger partial charge on any atom is 0.0618 e. The van der Waals surface area contributed by atoms with E-state index in [-0.39, 0.29) is 6.10 Å². The van der Waals surface area contributed by atoms with Crippen LogP contribution in [-0.2, 0) is 4.74 Å². The molecule has 10 atom stereocenters. The monoisotopic (exact) mass is 400 g/mol. The van der Waals surface area contributed by atoms with E-state index < -0.39 is 0 Å². The van der Waals surface area contributed by atoms with Crippen molar-refractivity contribution >= 4 is 0 Å². The van der Waals surface area contributed by atoms with Crippen LogP contribution in [-0.4, -0.2) is 23.4 Å². The topological polar surface area (TPSA) is 29.5 Å². The summed E-state index contributed by atoms with van der Waals surface area (Å²) in [6.45, 7) is 12.4. The van der Waals surface area contributed by atoms with Crippen LogP contribution in [0.5, 0.6) is 0 Å². The van der Waals surface area contributed by atoms with E-state index in [2.05, 4.69) is 40.7 Å². The van der Waals surface area contributed by atoms with Gasteiger partial charge in [0.25, 0.3) is 0 Å². The summed E-state index contributed by atoms with van der Waals surface area (Å²) in [5, 5.41) is 10.2. The maximum atomic E-state index is 10.2. The van der Waals surface area contributed by atoms with Crippen LogP contribution in [0.25, 0.3) is 0 Å². The lowest BCUT2D eigenvalue weighted by Crippen LogP contribution is -2.51. The van der Waals surface area contributed by atoms with Crippen molar-refractivity contribution < 1.29 is 9.84 Å². The average Bonchev–Trinajstić information content (AvgIpc) is 3.14. The lowest BCUT2D eigenvalue weighted by molar-refractivity contribution is -0.0589. The van der Waals surface area contributed by atoms with Crippen LogP contribution in [0.4, 0.5) is 0 Å². The molecule has 0 unspecified atom stereocenters. The van der Waals surface area contributed by atoms with E-state index in [1.165, 1.54) is 44.9 Å². The molecule has 2 heteroatoms. The summed E-state index contributed by atoms with van der Waals surface area (Å²) in [7, 11) is 0. The number of hydrogen-bond donors (Lipinski definition) is 1. The number of hydrogen-bond acceptors (Lipinski definition) is 2. The second-order valence-electron chi connectivity index (χ2n) is 12.5. The van der Waals surface area contributed by atoms with Crippen molar-refractivity contribution in [1.82, 2.24) is 0 Å². The summed E-state index contributed by atoms with van der Waals surface area (Å²) in [5.41, 5.74) is 2.43. The first kappa shape index (κ1) is 20.6. The molecule has 0 spiro atoms. The van der Waals surface area contributed by atoms with Gasteiger partial charge >= 0.3 is 0 Å². The van der Waals surface area contributed by atoms with Crippen LogP contribution in [0, 0.1) is 46.3 Å². The molecule has 0 aromatic heterocycles. The Balaban J connectivity index is 1.37. The van der Waals surface area contributed by atoms with Gasteiger partial charge in [-0.05, 0) is 104 Å². The zero-order valence-electron chi connectivity index (χ0n) is 19.5. The van der Waals surface area contributed by atoms with Gasteiger partial charge in [-0.1, -0.05) is 46.3 Å². The molecule has 5 rings (SSSR count). The molecular weight excluding hydrogens is 356 g/mol. The van der Waals surface area contributed by atoms with Gasteiger partial charge in [-0.15, -0.1) is 0 Å². The molecule has 0 amide bonds. The van der Waals surface area contributed by atoms with E-state index >= 15 is 0 Å². The van der Waals surface area contributed by atoms with E-state index in [1.807, 2.05) is 0 Å². The van der Waals surface area contributed by atoms with Crippen molar-refractivity contribution in [3.63, 3.8) is 0 Å². The van der Waals surface area contributed by atoms with Gasteiger partial charge in [-0.3, -0.25) is 0 Å². The van der Waals surface area contributed by atoms with E-state index in [0.717, 1.165) is 48.3 Å².